The van der Waals surface area contributed by atoms with E-state index in [1.807, 2.05) is 29.0 Å². The van der Waals surface area contributed by atoms with Gasteiger partial charge in [-0.1, -0.05) is 24.3 Å². The van der Waals surface area contributed by atoms with Crippen LogP contribution in [0.4, 0.5) is 0 Å². The number of thiophene rings is 1. The summed E-state index contributed by atoms with van der Waals surface area (Å²) in [5, 5.41) is 13.8. The molecule has 2 aromatic heterocycles. The highest BCUT2D eigenvalue weighted by Gasteiger charge is 2.21. The van der Waals surface area contributed by atoms with Gasteiger partial charge in [-0.15, -0.1) is 0 Å². The maximum Gasteiger partial charge on any atom is 0.303 e. The lowest BCUT2D eigenvalue weighted by Crippen LogP contribution is -2.11. The van der Waals surface area contributed by atoms with E-state index < -0.39 is 16.0 Å². The van der Waals surface area contributed by atoms with Crippen LogP contribution in [0.15, 0.2) is 76.4 Å². The summed E-state index contributed by atoms with van der Waals surface area (Å²) < 4.78 is 27.6. The summed E-state index contributed by atoms with van der Waals surface area (Å²) in [6.45, 7) is 0. The van der Waals surface area contributed by atoms with Crippen molar-refractivity contribution in [1.29, 1.82) is 0 Å². The summed E-state index contributed by atoms with van der Waals surface area (Å²) in [6, 6.07) is 15.8. The highest BCUT2D eigenvalue weighted by Crippen LogP contribution is 2.32. The third kappa shape index (κ3) is 3.34. The fourth-order valence-electron chi connectivity index (χ4n) is 3.22. The molecular weight excluding hydrogens is 394 g/mol. The topological polar surface area (TPSA) is 76.4 Å². The van der Waals surface area contributed by atoms with Crippen molar-refractivity contribution >= 4 is 38.2 Å². The molecule has 0 unspecified atom stereocenters. The van der Waals surface area contributed by atoms with Crippen LogP contribution < -0.4 is 0 Å². The summed E-state index contributed by atoms with van der Waals surface area (Å²) in [5.74, 6) is -0.916. The zero-order valence-electron chi connectivity index (χ0n) is 14.8. The maximum atomic E-state index is 13.2. The summed E-state index contributed by atoms with van der Waals surface area (Å²) in [5.41, 5.74) is 3.27. The van der Waals surface area contributed by atoms with Crippen molar-refractivity contribution in [3.8, 4) is 11.1 Å². The van der Waals surface area contributed by atoms with Gasteiger partial charge in [0.05, 0.1) is 10.4 Å². The molecule has 0 aliphatic heterocycles. The average Bonchev–Trinajstić information content (AvgIpc) is 3.35. The molecular formula is C21H17NO4S2. The Labute approximate surface area is 166 Å². The van der Waals surface area contributed by atoms with Gasteiger partial charge < -0.3 is 5.11 Å². The van der Waals surface area contributed by atoms with Gasteiger partial charge in [0.2, 0.25) is 0 Å². The minimum absolute atomic E-state index is 0.0623. The van der Waals surface area contributed by atoms with Gasteiger partial charge in [0, 0.05) is 18.0 Å². The molecule has 0 bridgehead atoms. The standard InChI is InChI=1S/C21H17NO4S2/c23-21(24)9-7-16-13-22(28(25,26)18-4-2-1-3-5-18)20-8-6-15(12-19(16)20)17-10-11-27-14-17/h1-6,8,10-14H,7,9H2,(H,23,24). The van der Waals surface area contributed by atoms with Crippen molar-refractivity contribution in [2.24, 2.45) is 0 Å². The molecule has 0 amide bonds. The van der Waals surface area contributed by atoms with E-state index in [0.717, 1.165) is 16.5 Å². The number of carboxylic acid groups (broad SMARTS) is 1. The summed E-state index contributed by atoms with van der Waals surface area (Å²) >= 11 is 1.59. The van der Waals surface area contributed by atoms with Crippen LogP contribution in [-0.4, -0.2) is 23.5 Å². The van der Waals surface area contributed by atoms with Gasteiger partial charge in [0.25, 0.3) is 10.0 Å². The number of aromatic nitrogens is 1. The largest absolute Gasteiger partial charge is 0.481 e. The first-order valence-corrected chi connectivity index (χ1v) is 11.0. The second-order valence-corrected chi connectivity index (χ2v) is 9.00. The minimum Gasteiger partial charge on any atom is -0.481 e. The third-order valence-electron chi connectivity index (χ3n) is 4.62. The molecule has 0 fully saturated rings. The van der Waals surface area contributed by atoms with Gasteiger partial charge in [-0.3, -0.25) is 4.79 Å². The van der Waals surface area contributed by atoms with Crippen LogP contribution in [0.1, 0.15) is 12.0 Å². The summed E-state index contributed by atoms with van der Waals surface area (Å²) in [7, 11) is -3.78. The van der Waals surface area contributed by atoms with Gasteiger partial charge in [-0.2, -0.15) is 11.3 Å². The quantitative estimate of drug-likeness (QED) is 0.502. The maximum absolute atomic E-state index is 13.2. The van der Waals surface area contributed by atoms with Crippen molar-refractivity contribution in [2.45, 2.75) is 17.7 Å². The highest BCUT2D eigenvalue weighted by molar-refractivity contribution is 7.90. The molecule has 0 aliphatic carbocycles. The second-order valence-electron chi connectivity index (χ2n) is 6.41. The second kappa shape index (κ2) is 7.26. The number of carboxylic acids is 1. The Morgan fingerprint density at radius 3 is 2.50 bits per heavy atom. The highest BCUT2D eigenvalue weighted by atomic mass is 32.2. The van der Waals surface area contributed by atoms with Crippen LogP contribution in [0.5, 0.6) is 0 Å². The van der Waals surface area contributed by atoms with Crippen LogP contribution in [0.3, 0.4) is 0 Å². The van der Waals surface area contributed by atoms with E-state index in [-0.39, 0.29) is 17.7 Å². The molecule has 0 atom stereocenters. The molecule has 4 aromatic rings. The van der Waals surface area contributed by atoms with Crippen molar-refractivity contribution in [2.75, 3.05) is 0 Å². The van der Waals surface area contributed by atoms with Crippen molar-refractivity contribution < 1.29 is 18.3 Å². The van der Waals surface area contributed by atoms with Crippen LogP contribution in [0, 0.1) is 0 Å². The molecule has 7 heteroatoms. The lowest BCUT2D eigenvalue weighted by molar-refractivity contribution is -0.136. The normalized spacial score (nSPS) is 11.7. The van der Waals surface area contributed by atoms with E-state index in [4.69, 9.17) is 5.11 Å². The molecule has 0 saturated heterocycles. The SMILES string of the molecule is O=C(O)CCc1cn(S(=O)(=O)c2ccccc2)c2ccc(-c3ccsc3)cc12. The fraction of sp³-hybridized carbons (Fsp3) is 0.0952. The van der Waals surface area contributed by atoms with Gasteiger partial charge in [0.15, 0.2) is 0 Å². The Morgan fingerprint density at radius 2 is 1.82 bits per heavy atom. The molecule has 0 radical (unpaired) electrons. The predicted octanol–water partition coefficient (Wildman–Crippen LogP) is 4.62. The number of hydrogen-bond donors (Lipinski definition) is 1. The van der Waals surface area contributed by atoms with Gasteiger partial charge in [-0.05, 0) is 64.2 Å². The monoisotopic (exact) mass is 411 g/mol. The minimum atomic E-state index is -3.78. The molecule has 0 saturated carbocycles. The van der Waals surface area contributed by atoms with Gasteiger partial charge in [-0.25, -0.2) is 12.4 Å². The number of aliphatic carboxylic acids is 1. The van der Waals surface area contributed by atoms with E-state index >= 15 is 0 Å². The molecule has 28 heavy (non-hydrogen) atoms. The molecule has 1 N–H and O–H groups in total. The first-order chi connectivity index (χ1) is 13.5. The summed E-state index contributed by atoms with van der Waals surface area (Å²) in [4.78, 5) is 11.3. The number of carbonyl (C=O) groups is 1. The number of fused-ring (bicyclic) bond motifs is 1. The van der Waals surface area contributed by atoms with Crippen molar-refractivity contribution in [1.82, 2.24) is 3.97 Å². The van der Waals surface area contributed by atoms with E-state index in [2.05, 4.69) is 0 Å². The van der Waals surface area contributed by atoms with E-state index in [1.165, 1.54) is 3.97 Å². The molecule has 2 aromatic carbocycles. The average molecular weight is 412 g/mol. The van der Waals surface area contributed by atoms with Crippen LogP contribution in [-0.2, 0) is 21.2 Å². The zero-order chi connectivity index (χ0) is 19.7. The van der Waals surface area contributed by atoms with Crippen molar-refractivity contribution in [3.05, 3.63) is 77.1 Å². The fourth-order valence-corrected chi connectivity index (χ4v) is 5.30. The van der Waals surface area contributed by atoms with Gasteiger partial charge >= 0.3 is 5.97 Å². The Hall–Kier alpha value is -2.90. The van der Waals surface area contributed by atoms with Crippen LogP contribution in [0.25, 0.3) is 22.0 Å². The molecule has 5 nitrogen and oxygen atoms in total. The molecule has 2 heterocycles. The lowest BCUT2D eigenvalue weighted by atomic mass is 10.0. The Kier molecular flexibility index (Phi) is 4.78. The molecule has 142 valence electrons. The molecule has 0 spiro atoms. The third-order valence-corrected chi connectivity index (χ3v) is 6.99. The predicted molar refractivity (Wildman–Crippen MR) is 110 cm³/mol. The van der Waals surface area contributed by atoms with E-state index in [1.54, 1.807) is 53.9 Å². The Bertz CT molecular complexity index is 1240. The number of rotatable bonds is 6. The van der Waals surface area contributed by atoms with Crippen LogP contribution >= 0.6 is 11.3 Å². The molecule has 4 rings (SSSR count). The lowest BCUT2D eigenvalue weighted by Gasteiger charge is -2.08. The number of hydrogen-bond acceptors (Lipinski definition) is 4. The van der Waals surface area contributed by atoms with E-state index in [9.17, 15) is 13.2 Å². The van der Waals surface area contributed by atoms with Crippen molar-refractivity contribution in [3.63, 3.8) is 0 Å². The number of benzene rings is 2. The number of nitrogens with zero attached hydrogens (tertiary/aromatic N) is 1. The van der Waals surface area contributed by atoms with E-state index in [0.29, 0.717) is 11.1 Å². The summed E-state index contributed by atoms with van der Waals surface area (Å²) in [6.07, 6.45) is 1.75. The number of aryl methyl sites for hydroxylation is 1. The van der Waals surface area contributed by atoms with Crippen LogP contribution in [0.2, 0.25) is 0 Å². The first-order valence-electron chi connectivity index (χ1n) is 8.66. The Morgan fingerprint density at radius 1 is 1.04 bits per heavy atom. The Balaban J connectivity index is 1.91. The van der Waals surface area contributed by atoms with Gasteiger partial charge in [0.1, 0.15) is 0 Å². The first kappa shape index (κ1) is 18.5. The zero-order valence-corrected chi connectivity index (χ0v) is 16.4. The smallest absolute Gasteiger partial charge is 0.303 e. The molecule has 0 aliphatic rings.